The molecule has 0 aromatic heterocycles. The maximum Gasteiger partial charge on any atom is 0.138 e. The van der Waals surface area contributed by atoms with Gasteiger partial charge in [-0.15, -0.1) is 0 Å². The van der Waals surface area contributed by atoms with Crippen LogP contribution in [0, 0.1) is 0 Å². The summed E-state index contributed by atoms with van der Waals surface area (Å²) in [5.41, 5.74) is 0. The van der Waals surface area contributed by atoms with E-state index in [1.807, 2.05) is 0 Å². The van der Waals surface area contributed by atoms with Gasteiger partial charge in [0, 0.05) is 25.2 Å². The van der Waals surface area contributed by atoms with Crippen LogP contribution in [0.25, 0.3) is 0 Å². The Morgan fingerprint density at radius 2 is 2.25 bits per heavy atom. The van der Waals surface area contributed by atoms with E-state index in [2.05, 4.69) is 17.1 Å². The molecule has 1 heterocycles. The van der Waals surface area contributed by atoms with Crippen LogP contribution < -0.4 is 5.32 Å². The van der Waals surface area contributed by atoms with Crippen molar-refractivity contribution >= 4 is 6.29 Å². The summed E-state index contributed by atoms with van der Waals surface area (Å²) < 4.78 is 0. The number of nitrogens with zero attached hydrogens (tertiary/aromatic N) is 1. The molecule has 0 spiro atoms. The summed E-state index contributed by atoms with van der Waals surface area (Å²) in [6, 6.07) is 1.39. The lowest BCUT2D eigenvalue weighted by atomic mass is 10.1. The fourth-order valence-corrected chi connectivity index (χ4v) is 1.91. The molecular weight excluding hydrogens is 152 g/mol. The third kappa shape index (κ3) is 1.52. The van der Waals surface area contributed by atoms with E-state index >= 15 is 0 Å². The van der Waals surface area contributed by atoms with Crippen LogP contribution in [-0.4, -0.2) is 42.4 Å². The molecule has 1 aliphatic carbocycles. The van der Waals surface area contributed by atoms with Crippen LogP contribution in [0.3, 0.4) is 0 Å². The zero-order valence-corrected chi connectivity index (χ0v) is 7.49. The molecular formula is C9H16N2O. The third-order valence-electron chi connectivity index (χ3n) is 2.76. The Bertz CT molecular complexity index is 179. The highest BCUT2D eigenvalue weighted by Crippen LogP contribution is 2.29. The van der Waals surface area contributed by atoms with Crippen LogP contribution in [0.15, 0.2) is 0 Å². The lowest BCUT2D eigenvalue weighted by molar-refractivity contribution is -0.113. The molecule has 3 nitrogen and oxygen atoms in total. The highest BCUT2D eigenvalue weighted by atomic mass is 16.1. The zero-order valence-electron chi connectivity index (χ0n) is 7.49. The van der Waals surface area contributed by atoms with E-state index in [1.165, 1.54) is 12.8 Å². The molecule has 1 N–H and O–H groups in total. The maximum atomic E-state index is 10.7. The minimum atomic E-state index is 0.133. The first kappa shape index (κ1) is 8.20. The van der Waals surface area contributed by atoms with Gasteiger partial charge in [0.25, 0.3) is 0 Å². The lowest BCUT2D eigenvalue weighted by Gasteiger charge is -2.36. The number of carbonyl (C=O) groups is 1. The minimum absolute atomic E-state index is 0.133. The number of nitrogens with one attached hydrogen (secondary N) is 1. The fourth-order valence-electron chi connectivity index (χ4n) is 1.91. The fraction of sp³-hybridized carbons (Fsp3) is 0.889. The van der Waals surface area contributed by atoms with Crippen molar-refractivity contribution in [3.8, 4) is 0 Å². The molecule has 2 aliphatic rings. The van der Waals surface area contributed by atoms with Gasteiger partial charge in [-0.05, 0) is 19.8 Å². The van der Waals surface area contributed by atoms with Crippen LogP contribution in [0.2, 0.25) is 0 Å². The Labute approximate surface area is 73.1 Å². The van der Waals surface area contributed by atoms with Crippen molar-refractivity contribution in [3.63, 3.8) is 0 Å². The van der Waals surface area contributed by atoms with E-state index in [-0.39, 0.29) is 6.04 Å². The molecule has 2 rings (SSSR count). The van der Waals surface area contributed by atoms with Gasteiger partial charge in [-0.2, -0.15) is 0 Å². The van der Waals surface area contributed by atoms with Crippen molar-refractivity contribution in [3.05, 3.63) is 0 Å². The predicted octanol–water partition coefficient (Wildman–Crippen LogP) is 0.0100. The summed E-state index contributed by atoms with van der Waals surface area (Å²) >= 11 is 0. The first-order valence-corrected chi connectivity index (χ1v) is 4.75. The second-order valence-electron chi connectivity index (χ2n) is 3.94. The zero-order chi connectivity index (χ0) is 8.55. The number of hydrogen-bond acceptors (Lipinski definition) is 3. The van der Waals surface area contributed by atoms with E-state index in [0.29, 0.717) is 12.1 Å². The van der Waals surface area contributed by atoms with Crippen molar-refractivity contribution in [2.45, 2.75) is 37.9 Å². The van der Waals surface area contributed by atoms with Crippen molar-refractivity contribution in [2.75, 3.05) is 13.1 Å². The Balaban J connectivity index is 1.98. The van der Waals surface area contributed by atoms with Crippen LogP contribution in [-0.2, 0) is 4.79 Å². The van der Waals surface area contributed by atoms with Gasteiger partial charge in [-0.3, -0.25) is 4.90 Å². The quantitative estimate of drug-likeness (QED) is 0.589. The Morgan fingerprint density at radius 3 is 2.83 bits per heavy atom. The lowest BCUT2D eigenvalue weighted by Crippen LogP contribution is -2.56. The van der Waals surface area contributed by atoms with E-state index in [4.69, 9.17) is 0 Å². The molecule has 2 unspecified atom stereocenters. The van der Waals surface area contributed by atoms with Crippen LogP contribution in [0.5, 0.6) is 0 Å². The largest absolute Gasteiger partial charge is 0.311 e. The molecule has 0 aromatic carbocycles. The molecule has 0 aromatic rings. The molecule has 1 saturated carbocycles. The minimum Gasteiger partial charge on any atom is -0.311 e. The van der Waals surface area contributed by atoms with Gasteiger partial charge in [0.15, 0.2) is 0 Å². The number of hydrogen-bond donors (Lipinski definition) is 1. The van der Waals surface area contributed by atoms with Crippen molar-refractivity contribution in [2.24, 2.45) is 0 Å². The average molecular weight is 168 g/mol. The molecule has 0 bridgehead atoms. The van der Waals surface area contributed by atoms with Gasteiger partial charge in [0.1, 0.15) is 6.29 Å². The number of carbonyl (C=O) groups excluding carboxylic acids is 1. The summed E-state index contributed by atoms with van der Waals surface area (Å²) in [4.78, 5) is 13.1. The smallest absolute Gasteiger partial charge is 0.138 e. The molecule has 68 valence electrons. The molecule has 1 aliphatic heterocycles. The van der Waals surface area contributed by atoms with Gasteiger partial charge in [-0.25, -0.2) is 0 Å². The summed E-state index contributed by atoms with van der Waals surface area (Å²) in [5.74, 6) is 0. The predicted molar refractivity (Wildman–Crippen MR) is 47.0 cm³/mol. The van der Waals surface area contributed by atoms with Gasteiger partial charge < -0.3 is 10.1 Å². The van der Waals surface area contributed by atoms with Crippen molar-refractivity contribution in [1.29, 1.82) is 0 Å². The summed E-state index contributed by atoms with van der Waals surface area (Å²) in [7, 11) is 0. The van der Waals surface area contributed by atoms with E-state index in [1.54, 1.807) is 0 Å². The second-order valence-corrected chi connectivity index (χ2v) is 3.94. The molecule has 0 radical (unpaired) electrons. The summed E-state index contributed by atoms with van der Waals surface area (Å²) in [6.07, 6.45) is 3.66. The molecule has 2 atom stereocenters. The van der Waals surface area contributed by atoms with Crippen molar-refractivity contribution in [1.82, 2.24) is 10.2 Å². The number of aldehydes is 1. The topological polar surface area (TPSA) is 32.3 Å². The maximum absolute atomic E-state index is 10.7. The molecule has 3 heteroatoms. The second kappa shape index (κ2) is 3.15. The monoisotopic (exact) mass is 168 g/mol. The van der Waals surface area contributed by atoms with Gasteiger partial charge in [0.05, 0.1) is 6.04 Å². The molecule has 2 fully saturated rings. The highest BCUT2D eigenvalue weighted by molar-refractivity contribution is 5.58. The first-order chi connectivity index (χ1) is 5.81. The van der Waals surface area contributed by atoms with Crippen LogP contribution in [0.1, 0.15) is 19.8 Å². The SMILES string of the molecule is CC1CN(C2CC2)C(C=O)CN1. The van der Waals surface area contributed by atoms with Gasteiger partial charge in [-0.1, -0.05) is 0 Å². The van der Waals surface area contributed by atoms with Crippen molar-refractivity contribution < 1.29 is 4.79 Å². The standard InChI is InChI=1S/C9H16N2O/c1-7-5-11(8-2-3-8)9(6-12)4-10-7/h6-10H,2-5H2,1H3. The Morgan fingerprint density at radius 1 is 1.50 bits per heavy atom. The summed E-state index contributed by atoms with van der Waals surface area (Å²) in [5, 5.41) is 3.32. The molecule has 1 saturated heterocycles. The summed E-state index contributed by atoms with van der Waals surface area (Å²) in [6.45, 7) is 4.05. The van der Waals surface area contributed by atoms with E-state index in [0.717, 1.165) is 19.4 Å². The normalized spacial score (nSPS) is 38.1. The third-order valence-corrected chi connectivity index (χ3v) is 2.76. The first-order valence-electron chi connectivity index (χ1n) is 4.75. The van der Waals surface area contributed by atoms with Crippen LogP contribution >= 0.6 is 0 Å². The Kier molecular flexibility index (Phi) is 2.15. The number of piperazine rings is 1. The van der Waals surface area contributed by atoms with E-state index in [9.17, 15) is 4.79 Å². The van der Waals surface area contributed by atoms with Crippen LogP contribution in [0.4, 0.5) is 0 Å². The average Bonchev–Trinajstić information content (AvgIpc) is 2.87. The molecule has 0 amide bonds. The highest BCUT2D eigenvalue weighted by Gasteiger charge is 2.36. The van der Waals surface area contributed by atoms with Gasteiger partial charge in [0.2, 0.25) is 0 Å². The number of rotatable bonds is 2. The van der Waals surface area contributed by atoms with Gasteiger partial charge >= 0.3 is 0 Å². The van der Waals surface area contributed by atoms with E-state index < -0.39 is 0 Å². The molecule has 12 heavy (non-hydrogen) atoms. The Hall–Kier alpha value is -0.410.